The molecule has 2 aromatic rings. The van der Waals surface area contributed by atoms with Gasteiger partial charge in [0.15, 0.2) is 0 Å². The first-order valence-electron chi connectivity index (χ1n) is 6.29. The number of hydrogen-bond acceptors (Lipinski definition) is 2. The molecule has 1 aromatic carbocycles. The van der Waals surface area contributed by atoms with Crippen LogP contribution in [-0.4, -0.2) is 4.98 Å². The summed E-state index contributed by atoms with van der Waals surface area (Å²) in [5.41, 5.74) is 2.19. The van der Waals surface area contributed by atoms with Gasteiger partial charge in [0.2, 0.25) is 0 Å². The molecule has 2 nitrogen and oxygen atoms in total. The minimum absolute atomic E-state index is 0.0542. The fourth-order valence-electron chi connectivity index (χ4n) is 1.89. The summed E-state index contributed by atoms with van der Waals surface area (Å²) < 4.78 is 5.92. The fraction of sp³-hybridized carbons (Fsp3) is 0.312. The Kier molecular flexibility index (Phi) is 4.11. The van der Waals surface area contributed by atoms with Crippen molar-refractivity contribution < 1.29 is 4.74 Å². The molecule has 0 atom stereocenters. The van der Waals surface area contributed by atoms with Crippen LogP contribution in [0.15, 0.2) is 42.7 Å². The first-order valence-corrected chi connectivity index (χ1v) is 6.67. The number of pyridine rings is 1. The topological polar surface area (TPSA) is 22.1 Å². The van der Waals surface area contributed by atoms with Crippen molar-refractivity contribution in [2.45, 2.75) is 32.8 Å². The molecule has 19 heavy (non-hydrogen) atoms. The summed E-state index contributed by atoms with van der Waals surface area (Å²) in [6, 6.07) is 9.99. The van der Waals surface area contributed by atoms with Crippen molar-refractivity contribution >= 4 is 11.6 Å². The second kappa shape index (κ2) is 5.62. The van der Waals surface area contributed by atoms with Gasteiger partial charge < -0.3 is 4.74 Å². The molecule has 0 unspecified atom stereocenters. The van der Waals surface area contributed by atoms with Gasteiger partial charge >= 0.3 is 0 Å². The second-order valence-corrected chi connectivity index (χ2v) is 5.91. The highest BCUT2D eigenvalue weighted by molar-refractivity contribution is 6.31. The SMILES string of the molecule is CC(C)(C)c1ccccc1OCc1ccncc1Cl. The molecule has 0 fully saturated rings. The van der Waals surface area contributed by atoms with E-state index < -0.39 is 0 Å². The molecule has 0 aliphatic carbocycles. The molecule has 1 aromatic heterocycles. The third-order valence-electron chi connectivity index (χ3n) is 2.93. The number of rotatable bonds is 3. The van der Waals surface area contributed by atoms with Crippen LogP contribution in [0.1, 0.15) is 31.9 Å². The van der Waals surface area contributed by atoms with E-state index in [1.165, 1.54) is 5.56 Å². The molecule has 0 N–H and O–H groups in total. The molecule has 2 rings (SSSR count). The summed E-state index contributed by atoms with van der Waals surface area (Å²) in [5.74, 6) is 0.905. The molecule has 0 aliphatic rings. The Morgan fingerprint density at radius 2 is 1.89 bits per heavy atom. The molecule has 0 saturated carbocycles. The van der Waals surface area contributed by atoms with Crippen LogP contribution in [0, 0.1) is 0 Å². The van der Waals surface area contributed by atoms with Crippen molar-refractivity contribution in [3.63, 3.8) is 0 Å². The van der Waals surface area contributed by atoms with Gasteiger partial charge in [-0.2, -0.15) is 0 Å². The molecule has 100 valence electrons. The minimum atomic E-state index is 0.0542. The molecule has 0 saturated heterocycles. The molecule has 3 heteroatoms. The first-order chi connectivity index (χ1) is 8.98. The van der Waals surface area contributed by atoms with E-state index in [1.807, 2.05) is 24.3 Å². The lowest BCUT2D eigenvalue weighted by Crippen LogP contribution is -2.13. The van der Waals surface area contributed by atoms with Crippen molar-refractivity contribution in [1.29, 1.82) is 0 Å². The van der Waals surface area contributed by atoms with Crippen molar-refractivity contribution in [3.8, 4) is 5.75 Å². The lowest BCUT2D eigenvalue weighted by molar-refractivity contribution is 0.297. The Labute approximate surface area is 119 Å². The second-order valence-electron chi connectivity index (χ2n) is 5.50. The van der Waals surface area contributed by atoms with E-state index in [1.54, 1.807) is 12.4 Å². The van der Waals surface area contributed by atoms with Gasteiger partial charge in [-0.05, 0) is 23.1 Å². The third kappa shape index (κ3) is 3.48. The molecule has 0 spiro atoms. The number of para-hydroxylation sites is 1. The fourth-order valence-corrected chi connectivity index (χ4v) is 2.06. The lowest BCUT2D eigenvalue weighted by Gasteiger charge is -2.22. The van der Waals surface area contributed by atoms with Gasteiger partial charge in [-0.3, -0.25) is 4.98 Å². The summed E-state index contributed by atoms with van der Waals surface area (Å²) in [4.78, 5) is 3.97. The lowest BCUT2D eigenvalue weighted by atomic mass is 9.86. The Bertz CT molecular complexity index is 561. The summed E-state index contributed by atoms with van der Waals surface area (Å²) >= 11 is 6.08. The summed E-state index contributed by atoms with van der Waals surface area (Å²) in [6.07, 6.45) is 3.36. The summed E-state index contributed by atoms with van der Waals surface area (Å²) in [7, 11) is 0. The largest absolute Gasteiger partial charge is 0.489 e. The van der Waals surface area contributed by atoms with Crippen LogP contribution in [0.4, 0.5) is 0 Å². The monoisotopic (exact) mass is 275 g/mol. The normalized spacial score (nSPS) is 11.4. The highest BCUT2D eigenvalue weighted by atomic mass is 35.5. The third-order valence-corrected chi connectivity index (χ3v) is 3.28. The number of ether oxygens (including phenoxy) is 1. The Morgan fingerprint density at radius 1 is 1.16 bits per heavy atom. The van der Waals surface area contributed by atoms with Gasteiger partial charge in [0, 0.05) is 18.0 Å². The van der Waals surface area contributed by atoms with Gasteiger partial charge in [0.25, 0.3) is 0 Å². The standard InChI is InChI=1S/C16H18ClNO/c1-16(2,3)13-6-4-5-7-15(13)19-11-12-8-9-18-10-14(12)17/h4-10H,11H2,1-3H3. The van der Waals surface area contributed by atoms with Crippen LogP contribution in [0.25, 0.3) is 0 Å². The maximum atomic E-state index is 6.08. The smallest absolute Gasteiger partial charge is 0.123 e. The maximum absolute atomic E-state index is 6.08. The van der Waals surface area contributed by atoms with E-state index >= 15 is 0 Å². The van der Waals surface area contributed by atoms with E-state index in [2.05, 4.69) is 31.8 Å². The number of benzene rings is 1. The van der Waals surface area contributed by atoms with Crippen LogP contribution in [0.5, 0.6) is 5.75 Å². The molecule has 0 bridgehead atoms. The van der Waals surface area contributed by atoms with Crippen LogP contribution in [0.3, 0.4) is 0 Å². The van der Waals surface area contributed by atoms with Crippen molar-refractivity contribution in [3.05, 3.63) is 58.9 Å². The van der Waals surface area contributed by atoms with Crippen LogP contribution in [-0.2, 0) is 12.0 Å². The maximum Gasteiger partial charge on any atom is 0.123 e. The zero-order chi connectivity index (χ0) is 13.9. The van der Waals surface area contributed by atoms with E-state index in [9.17, 15) is 0 Å². The molecular weight excluding hydrogens is 258 g/mol. The zero-order valence-electron chi connectivity index (χ0n) is 11.5. The number of halogens is 1. The van der Waals surface area contributed by atoms with E-state index in [0.717, 1.165) is 11.3 Å². The average Bonchev–Trinajstić information content (AvgIpc) is 2.37. The van der Waals surface area contributed by atoms with Crippen molar-refractivity contribution in [1.82, 2.24) is 4.98 Å². The number of nitrogens with zero attached hydrogens (tertiary/aromatic N) is 1. The Morgan fingerprint density at radius 3 is 2.58 bits per heavy atom. The minimum Gasteiger partial charge on any atom is -0.489 e. The van der Waals surface area contributed by atoms with Gasteiger partial charge in [-0.15, -0.1) is 0 Å². The highest BCUT2D eigenvalue weighted by Gasteiger charge is 2.18. The molecule has 1 heterocycles. The molecule has 0 aliphatic heterocycles. The predicted molar refractivity (Wildman–Crippen MR) is 78.7 cm³/mol. The first kappa shape index (κ1) is 13.9. The van der Waals surface area contributed by atoms with Crippen molar-refractivity contribution in [2.75, 3.05) is 0 Å². The van der Waals surface area contributed by atoms with Gasteiger partial charge in [-0.25, -0.2) is 0 Å². The Hall–Kier alpha value is -1.54. The Balaban J connectivity index is 2.19. The molecule has 0 radical (unpaired) electrons. The zero-order valence-corrected chi connectivity index (χ0v) is 12.2. The number of hydrogen-bond donors (Lipinski definition) is 0. The van der Waals surface area contributed by atoms with Crippen LogP contribution >= 0.6 is 11.6 Å². The van der Waals surface area contributed by atoms with Crippen LogP contribution in [0.2, 0.25) is 5.02 Å². The highest BCUT2D eigenvalue weighted by Crippen LogP contribution is 2.31. The van der Waals surface area contributed by atoms with E-state index in [0.29, 0.717) is 11.6 Å². The molecular formula is C16H18ClNO. The summed E-state index contributed by atoms with van der Waals surface area (Å²) in [5, 5.41) is 0.635. The molecule has 0 amide bonds. The predicted octanol–water partition coefficient (Wildman–Crippen LogP) is 4.61. The van der Waals surface area contributed by atoms with E-state index in [-0.39, 0.29) is 5.41 Å². The van der Waals surface area contributed by atoms with Crippen molar-refractivity contribution in [2.24, 2.45) is 0 Å². The number of aromatic nitrogens is 1. The van der Waals surface area contributed by atoms with Crippen LogP contribution < -0.4 is 4.74 Å². The van der Waals surface area contributed by atoms with Gasteiger partial charge in [-0.1, -0.05) is 50.6 Å². The van der Waals surface area contributed by atoms with E-state index in [4.69, 9.17) is 16.3 Å². The quantitative estimate of drug-likeness (QED) is 0.816. The van der Waals surface area contributed by atoms with Gasteiger partial charge in [0.1, 0.15) is 12.4 Å². The summed E-state index contributed by atoms with van der Waals surface area (Å²) in [6.45, 7) is 6.98. The average molecular weight is 276 g/mol. The van der Waals surface area contributed by atoms with Gasteiger partial charge in [0.05, 0.1) is 5.02 Å².